The molecule has 0 aliphatic rings. The predicted molar refractivity (Wildman–Crippen MR) is 88.9 cm³/mol. The maximum absolute atomic E-state index is 12.4. The van der Waals surface area contributed by atoms with E-state index in [9.17, 15) is 4.79 Å². The fourth-order valence-electron chi connectivity index (χ4n) is 2.90. The molecule has 0 amide bonds. The van der Waals surface area contributed by atoms with Crippen molar-refractivity contribution in [1.82, 2.24) is 0 Å². The molecule has 0 saturated heterocycles. The van der Waals surface area contributed by atoms with Gasteiger partial charge in [0.2, 0.25) is 0 Å². The molecule has 0 saturated carbocycles. The summed E-state index contributed by atoms with van der Waals surface area (Å²) in [6.07, 6.45) is 14.0. The van der Waals surface area contributed by atoms with Crippen molar-refractivity contribution < 1.29 is 4.79 Å². The molecule has 0 aromatic heterocycles. The standard InChI is InChI=1S/C18H37NO/c1-4-6-8-10-12-15-18(3,17(20)13-16-19)14-11-9-7-5-2/h4-16,19H2,1-3H3. The van der Waals surface area contributed by atoms with E-state index in [-0.39, 0.29) is 5.41 Å². The van der Waals surface area contributed by atoms with E-state index in [0.29, 0.717) is 18.7 Å². The molecule has 0 fully saturated rings. The second-order valence-electron chi connectivity index (χ2n) is 6.50. The largest absolute Gasteiger partial charge is 0.330 e. The number of carbonyl (C=O) groups excluding carboxylic acids is 1. The summed E-state index contributed by atoms with van der Waals surface area (Å²) >= 11 is 0. The van der Waals surface area contributed by atoms with Crippen LogP contribution in [-0.2, 0) is 4.79 Å². The highest BCUT2D eigenvalue weighted by Gasteiger charge is 2.30. The van der Waals surface area contributed by atoms with E-state index < -0.39 is 0 Å². The number of ketones is 1. The number of hydrogen-bond donors (Lipinski definition) is 1. The molecular formula is C18H37NO. The molecule has 0 aromatic carbocycles. The maximum atomic E-state index is 12.4. The van der Waals surface area contributed by atoms with Crippen LogP contribution < -0.4 is 5.73 Å². The van der Waals surface area contributed by atoms with Crippen LogP contribution in [-0.4, -0.2) is 12.3 Å². The minimum Gasteiger partial charge on any atom is -0.330 e. The van der Waals surface area contributed by atoms with Gasteiger partial charge in [0.15, 0.2) is 0 Å². The highest BCUT2D eigenvalue weighted by molar-refractivity contribution is 5.84. The van der Waals surface area contributed by atoms with Gasteiger partial charge in [-0.3, -0.25) is 4.79 Å². The molecule has 2 heteroatoms. The summed E-state index contributed by atoms with van der Waals surface area (Å²) in [5.41, 5.74) is 5.46. The number of unbranched alkanes of at least 4 members (excludes halogenated alkanes) is 7. The number of hydrogen-bond acceptors (Lipinski definition) is 2. The molecule has 1 atom stereocenters. The van der Waals surface area contributed by atoms with Crippen LogP contribution in [0, 0.1) is 5.41 Å². The zero-order chi connectivity index (χ0) is 15.3. The van der Waals surface area contributed by atoms with Crippen LogP contribution in [0.15, 0.2) is 0 Å². The molecule has 0 aliphatic carbocycles. The minimum atomic E-state index is -0.112. The van der Waals surface area contributed by atoms with Gasteiger partial charge in [-0.25, -0.2) is 0 Å². The Balaban J connectivity index is 4.19. The van der Waals surface area contributed by atoms with E-state index in [1.54, 1.807) is 0 Å². The Labute approximate surface area is 126 Å². The Kier molecular flexibility index (Phi) is 12.1. The van der Waals surface area contributed by atoms with Crippen molar-refractivity contribution in [2.45, 2.75) is 97.8 Å². The second kappa shape index (κ2) is 12.4. The lowest BCUT2D eigenvalue weighted by atomic mass is 9.75. The predicted octanol–water partition coefficient (Wildman–Crippen LogP) is 5.24. The van der Waals surface area contributed by atoms with Gasteiger partial charge in [-0.2, -0.15) is 0 Å². The molecule has 0 rings (SSSR count). The number of Topliss-reactive ketones (excluding diaryl/α,β-unsaturated/α-hetero) is 1. The molecule has 2 N–H and O–H groups in total. The van der Waals surface area contributed by atoms with E-state index in [1.807, 2.05) is 0 Å². The lowest BCUT2D eigenvalue weighted by Gasteiger charge is -2.28. The first-order chi connectivity index (χ1) is 9.60. The van der Waals surface area contributed by atoms with Gasteiger partial charge in [0.05, 0.1) is 0 Å². The van der Waals surface area contributed by atoms with Crippen LogP contribution in [0.1, 0.15) is 97.8 Å². The smallest absolute Gasteiger partial charge is 0.140 e. The summed E-state index contributed by atoms with van der Waals surface area (Å²) < 4.78 is 0. The van der Waals surface area contributed by atoms with Gasteiger partial charge in [-0.15, -0.1) is 0 Å². The normalized spacial score (nSPS) is 14.2. The van der Waals surface area contributed by atoms with Crippen LogP contribution in [0.25, 0.3) is 0 Å². The molecule has 120 valence electrons. The van der Waals surface area contributed by atoms with Crippen LogP contribution >= 0.6 is 0 Å². The van der Waals surface area contributed by atoms with Crippen LogP contribution in [0.5, 0.6) is 0 Å². The summed E-state index contributed by atoms with van der Waals surface area (Å²) in [6, 6.07) is 0. The lowest BCUT2D eigenvalue weighted by Crippen LogP contribution is -2.29. The molecule has 0 spiro atoms. The minimum absolute atomic E-state index is 0.112. The first-order valence-corrected chi connectivity index (χ1v) is 8.84. The van der Waals surface area contributed by atoms with Gasteiger partial charge in [0, 0.05) is 11.8 Å². The van der Waals surface area contributed by atoms with E-state index in [2.05, 4.69) is 20.8 Å². The number of nitrogens with two attached hydrogens (primary N) is 1. The highest BCUT2D eigenvalue weighted by Crippen LogP contribution is 2.33. The van der Waals surface area contributed by atoms with Crippen molar-refractivity contribution >= 4 is 5.78 Å². The SMILES string of the molecule is CCCCCCCC(C)(CCCCCC)C(=O)CCN. The molecule has 2 nitrogen and oxygen atoms in total. The van der Waals surface area contributed by atoms with E-state index in [0.717, 1.165) is 12.8 Å². The van der Waals surface area contributed by atoms with Crippen molar-refractivity contribution in [2.24, 2.45) is 11.1 Å². The van der Waals surface area contributed by atoms with E-state index in [4.69, 9.17) is 5.73 Å². The topological polar surface area (TPSA) is 43.1 Å². The molecule has 1 unspecified atom stereocenters. The molecule has 0 aromatic rings. The lowest BCUT2D eigenvalue weighted by molar-refractivity contribution is -0.128. The van der Waals surface area contributed by atoms with Gasteiger partial charge in [0.25, 0.3) is 0 Å². The Morgan fingerprint density at radius 2 is 1.30 bits per heavy atom. The molecule has 20 heavy (non-hydrogen) atoms. The Morgan fingerprint density at radius 3 is 1.75 bits per heavy atom. The summed E-state index contributed by atoms with van der Waals surface area (Å²) in [5, 5.41) is 0. The summed E-state index contributed by atoms with van der Waals surface area (Å²) in [6.45, 7) is 7.14. The highest BCUT2D eigenvalue weighted by atomic mass is 16.1. The zero-order valence-corrected chi connectivity index (χ0v) is 14.2. The first kappa shape index (κ1) is 19.6. The zero-order valence-electron chi connectivity index (χ0n) is 14.2. The van der Waals surface area contributed by atoms with Gasteiger partial charge in [0.1, 0.15) is 5.78 Å². The van der Waals surface area contributed by atoms with Crippen molar-refractivity contribution in [3.05, 3.63) is 0 Å². The van der Waals surface area contributed by atoms with Crippen LogP contribution in [0.3, 0.4) is 0 Å². The van der Waals surface area contributed by atoms with E-state index in [1.165, 1.54) is 57.8 Å². The summed E-state index contributed by atoms with van der Waals surface area (Å²) in [5.74, 6) is 0.395. The van der Waals surface area contributed by atoms with Crippen molar-refractivity contribution in [3.63, 3.8) is 0 Å². The fourth-order valence-corrected chi connectivity index (χ4v) is 2.90. The average Bonchev–Trinajstić information content (AvgIpc) is 2.44. The van der Waals surface area contributed by atoms with Crippen molar-refractivity contribution in [2.75, 3.05) is 6.54 Å². The third-order valence-corrected chi connectivity index (χ3v) is 4.46. The molecule has 0 radical (unpaired) electrons. The first-order valence-electron chi connectivity index (χ1n) is 8.84. The summed E-state index contributed by atoms with van der Waals surface area (Å²) in [7, 11) is 0. The monoisotopic (exact) mass is 283 g/mol. The van der Waals surface area contributed by atoms with E-state index >= 15 is 0 Å². The van der Waals surface area contributed by atoms with Gasteiger partial charge >= 0.3 is 0 Å². The van der Waals surface area contributed by atoms with Crippen LogP contribution in [0.4, 0.5) is 0 Å². The van der Waals surface area contributed by atoms with Crippen LogP contribution in [0.2, 0.25) is 0 Å². The Bertz CT molecular complexity index is 240. The van der Waals surface area contributed by atoms with Gasteiger partial charge in [-0.05, 0) is 19.4 Å². The fraction of sp³-hybridized carbons (Fsp3) is 0.944. The number of carbonyl (C=O) groups is 1. The number of rotatable bonds is 14. The summed E-state index contributed by atoms with van der Waals surface area (Å²) in [4.78, 5) is 12.4. The van der Waals surface area contributed by atoms with Crippen molar-refractivity contribution in [1.29, 1.82) is 0 Å². The third kappa shape index (κ3) is 8.73. The van der Waals surface area contributed by atoms with Gasteiger partial charge in [-0.1, -0.05) is 78.6 Å². The molecule has 0 heterocycles. The third-order valence-electron chi connectivity index (χ3n) is 4.46. The molecular weight excluding hydrogens is 246 g/mol. The molecule has 0 bridgehead atoms. The quantitative estimate of drug-likeness (QED) is 0.443. The molecule has 0 aliphatic heterocycles. The maximum Gasteiger partial charge on any atom is 0.140 e. The van der Waals surface area contributed by atoms with Gasteiger partial charge < -0.3 is 5.73 Å². The second-order valence-corrected chi connectivity index (χ2v) is 6.50. The average molecular weight is 283 g/mol. The Hall–Kier alpha value is -0.370. The van der Waals surface area contributed by atoms with Crippen molar-refractivity contribution in [3.8, 4) is 0 Å². The Morgan fingerprint density at radius 1 is 0.850 bits per heavy atom.